The summed E-state index contributed by atoms with van der Waals surface area (Å²) in [5.74, 6) is 1.74. The molecular weight excluding hydrogens is 488 g/mol. The molecule has 2 atom stereocenters. The average Bonchev–Trinajstić information content (AvgIpc) is 3.27. The van der Waals surface area contributed by atoms with Gasteiger partial charge in [0.05, 0.1) is 11.0 Å². The zero-order valence-corrected chi connectivity index (χ0v) is 24.6. The maximum atomic E-state index is 13.5. The smallest absolute Gasteiger partial charge is 0.257 e. The number of rotatable bonds is 15. The van der Waals surface area contributed by atoms with Gasteiger partial charge in [0.2, 0.25) is 5.91 Å². The molecule has 7 nitrogen and oxygen atoms in total. The summed E-state index contributed by atoms with van der Waals surface area (Å²) in [5, 5.41) is 2.95. The second-order valence-corrected chi connectivity index (χ2v) is 10.6. The Morgan fingerprint density at radius 2 is 1.72 bits per heavy atom. The van der Waals surface area contributed by atoms with Gasteiger partial charge in [0, 0.05) is 25.0 Å². The van der Waals surface area contributed by atoms with Gasteiger partial charge in [0.25, 0.3) is 5.91 Å². The molecule has 2 unspecified atom stereocenters. The van der Waals surface area contributed by atoms with Crippen LogP contribution in [0.4, 0.5) is 0 Å². The first-order valence-electron chi connectivity index (χ1n) is 14.5. The second-order valence-electron chi connectivity index (χ2n) is 10.6. The highest BCUT2D eigenvalue weighted by Gasteiger charge is 2.25. The average molecular weight is 535 g/mol. The summed E-state index contributed by atoms with van der Waals surface area (Å²) in [6.07, 6.45) is 5.43. The normalized spacial score (nSPS) is 12.8. The van der Waals surface area contributed by atoms with Crippen molar-refractivity contribution in [2.24, 2.45) is 0 Å². The van der Waals surface area contributed by atoms with Gasteiger partial charge in [-0.05, 0) is 82.7 Å². The van der Waals surface area contributed by atoms with Crippen molar-refractivity contribution in [2.75, 3.05) is 13.2 Å². The fourth-order valence-electron chi connectivity index (χ4n) is 4.90. The molecule has 7 heteroatoms. The number of aromatic nitrogens is 2. The van der Waals surface area contributed by atoms with Gasteiger partial charge in [-0.1, -0.05) is 44.5 Å². The Morgan fingerprint density at radius 3 is 2.44 bits per heavy atom. The van der Waals surface area contributed by atoms with Crippen molar-refractivity contribution in [1.29, 1.82) is 0 Å². The van der Waals surface area contributed by atoms with E-state index in [1.54, 1.807) is 0 Å². The van der Waals surface area contributed by atoms with Gasteiger partial charge in [-0.15, -0.1) is 0 Å². The Hall–Kier alpha value is -3.35. The maximum absolute atomic E-state index is 13.5. The van der Waals surface area contributed by atoms with E-state index in [-0.39, 0.29) is 30.5 Å². The van der Waals surface area contributed by atoms with E-state index < -0.39 is 0 Å². The largest absolute Gasteiger partial charge is 0.483 e. The SMILES string of the molecule is CCC(C)N(C(=O)Cn1c(CCCCCNC(=O)COc2cc(C)ccc2C)nc2ccccc21)C(C)CC. The van der Waals surface area contributed by atoms with E-state index in [9.17, 15) is 9.59 Å². The van der Waals surface area contributed by atoms with Crippen LogP contribution in [0.15, 0.2) is 42.5 Å². The molecule has 0 aliphatic heterocycles. The van der Waals surface area contributed by atoms with Crippen molar-refractivity contribution in [2.45, 2.75) is 98.7 Å². The molecule has 3 aromatic rings. The molecule has 2 aromatic carbocycles. The van der Waals surface area contributed by atoms with Gasteiger partial charge in [-0.2, -0.15) is 0 Å². The van der Waals surface area contributed by atoms with Crippen molar-refractivity contribution in [3.63, 3.8) is 0 Å². The monoisotopic (exact) mass is 534 g/mol. The molecule has 0 fully saturated rings. The number of ether oxygens (including phenoxy) is 1. The van der Waals surface area contributed by atoms with Crippen LogP contribution >= 0.6 is 0 Å². The number of carbonyl (C=O) groups excluding carboxylic acids is 2. The van der Waals surface area contributed by atoms with E-state index in [0.717, 1.165) is 72.3 Å². The van der Waals surface area contributed by atoms with Gasteiger partial charge in [0.1, 0.15) is 18.1 Å². The van der Waals surface area contributed by atoms with Crippen LogP contribution in [0.25, 0.3) is 11.0 Å². The number of para-hydroxylation sites is 2. The number of aryl methyl sites for hydroxylation is 3. The van der Waals surface area contributed by atoms with Gasteiger partial charge in [0.15, 0.2) is 6.61 Å². The Morgan fingerprint density at radius 1 is 1.00 bits per heavy atom. The van der Waals surface area contributed by atoms with Crippen LogP contribution in [0.5, 0.6) is 5.75 Å². The zero-order chi connectivity index (χ0) is 28.4. The van der Waals surface area contributed by atoms with Crippen LogP contribution < -0.4 is 10.1 Å². The minimum Gasteiger partial charge on any atom is -0.483 e. The van der Waals surface area contributed by atoms with E-state index in [0.29, 0.717) is 13.1 Å². The van der Waals surface area contributed by atoms with E-state index in [4.69, 9.17) is 9.72 Å². The van der Waals surface area contributed by atoms with Crippen LogP contribution in [0.3, 0.4) is 0 Å². The van der Waals surface area contributed by atoms with E-state index >= 15 is 0 Å². The Balaban J connectivity index is 1.51. The fourth-order valence-corrected chi connectivity index (χ4v) is 4.90. The third-order valence-electron chi connectivity index (χ3n) is 7.55. The van der Waals surface area contributed by atoms with Gasteiger partial charge >= 0.3 is 0 Å². The molecule has 2 amide bonds. The van der Waals surface area contributed by atoms with Gasteiger partial charge < -0.3 is 19.5 Å². The summed E-state index contributed by atoms with van der Waals surface area (Å²) in [6, 6.07) is 14.4. The lowest BCUT2D eigenvalue weighted by Gasteiger charge is -2.34. The van der Waals surface area contributed by atoms with Crippen LogP contribution in [0.1, 0.15) is 76.8 Å². The molecule has 0 saturated carbocycles. The highest BCUT2D eigenvalue weighted by Crippen LogP contribution is 2.21. The summed E-state index contributed by atoms with van der Waals surface area (Å²) in [5.41, 5.74) is 4.06. The molecule has 39 heavy (non-hydrogen) atoms. The first-order valence-corrected chi connectivity index (χ1v) is 14.5. The molecular formula is C32H46N4O3. The number of fused-ring (bicyclic) bond motifs is 1. The minimum atomic E-state index is -0.108. The lowest BCUT2D eigenvalue weighted by atomic mass is 10.1. The number of imidazole rings is 1. The topological polar surface area (TPSA) is 76.5 Å². The van der Waals surface area contributed by atoms with Crippen LogP contribution in [-0.4, -0.2) is 51.5 Å². The number of unbranched alkanes of at least 4 members (excludes halogenated alkanes) is 2. The molecule has 1 N–H and O–H groups in total. The van der Waals surface area contributed by atoms with Crippen LogP contribution in [-0.2, 0) is 22.6 Å². The second kappa shape index (κ2) is 14.7. The predicted molar refractivity (Wildman–Crippen MR) is 158 cm³/mol. The highest BCUT2D eigenvalue weighted by molar-refractivity contribution is 5.81. The molecule has 0 radical (unpaired) electrons. The predicted octanol–water partition coefficient (Wildman–Crippen LogP) is 5.99. The third-order valence-corrected chi connectivity index (χ3v) is 7.55. The first kappa shape index (κ1) is 30.2. The molecule has 0 bridgehead atoms. The Labute approximate surface area is 233 Å². The Kier molecular flexibility index (Phi) is 11.4. The van der Waals surface area contributed by atoms with E-state index in [2.05, 4.69) is 37.6 Å². The quantitative estimate of drug-likeness (QED) is 0.243. The third kappa shape index (κ3) is 8.32. The molecule has 0 aliphatic carbocycles. The van der Waals surface area contributed by atoms with Crippen LogP contribution in [0.2, 0.25) is 0 Å². The summed E-state index contributed by atoms with van der Waals surface area (Å²) in [4.78, 5) is 32.6. The van der Waals surface area contributed by atoms with Crippen molar-refractivity contribution >= 4 is 22.8 Å². The van der Waals surface area contributed by atoms with Crippen molar-refractivity contribution in [3.05, 3.63) is 59.4 Å². The summed E-state index contributed by atoms with van der Waals surface area (Å²) >= 11 is 0. The number of nitrogens with zero attached hydrogens (tertiary/aromatic N) is 3. The number of nitrogens with one attached hydrogen (secondary N) is 1. The number of amides is 2. The minimum absolute atomic E-state index is 0.0205. The standard InChI is InChI=1S/C32H46N4O3/c1-7-25(5)36(26(6)8-2)32(38)21-35-28-15-12-11-14-27(28)34-30(35)16-10-9-13-19-33-31(37)22-39-29-20-23(3)17-18-24(29)4/h11-12,14-15,17-18,20,25-26H,7-10,13,16,19,21-22H2,1-6H3,(H,33,37). The molecule has 0 saturated heterocycles. The number of hydrogen-bond donors (Lipinski definition) is 1. The van der Waals surface area contributed by atoms with E-state index in [1.165, 1.54) is 0 Å². The fraction of sp³-hybridized carbons (Fsp3) is 0.531. The molecule has 1 heterocycles. The zero-order valence-electron chi connectivity index (χ0n) is 24.6. The first-order chi connectivity index (χ1) is 18.7. The molecule has 212 valence electrons. The van der Waals surface area contributed by atoms with Crippen molar-refractivity contribution in [3.8, 4) is 5.75 Å². The Bertz CT molecular complexity index is 1230. The van der Waals surface area contributed by atoms with Crippen molar-refractivity contribution < 1.29 is 14.3 Å². The summed E-state index contributed by atoms with van der Waals surface area (Å²) < 4.78 is 7.79. The number of benzene rings is 2. The molecule has 3 rings (SSSR count). The lowest BCUT2D eigenvalue weighted by molar-refractivity contribution is -0.136. The number of hydrogen-bond acceptors (Lipinski definition) is 4. The van der Waals surface area contributed by atoms with Gasteiger partial charge in [-0.25, -0.2) is 4.98 Å². The molecule has 1 aromatic heterocycles. The summed E-state index contributed by atoms with van der Waals surface area (Å²) in [6.45, 7) is 13.4. The van der Waals surface area contributed by atoms with Crippen LogP contribution in [0, 0.1) is 13.8 Å². The van der Waals surface area contributed by atoms with Crippen molar-refractivity contribution in [1.82, 2.24) is 19.8 Å². The highest BCUT2D eigenvalue weighted by atomic mass is 16.5. The lowest BCUT2D eigenvalue weighted by Crippen LogP contribution is -2.45. The maximum Gasteiger partial charge on any atom is 0.257 e. The summed E-state index contributed by atoms with van der Waals surface area (Å²) in [7, 11) is 0. The van der Waals surface area contributed by atoms with E-state index in [1.807, 2.05) is 61.2 Å². The van der Waals surface area contributed by atoms with Gasteiger partial charge in [-0.3, -0.25) is 9.59 Å². The molecule has 0 aliphatic rings. The molecule has 0 spiro atoms. The number of carbonyl (C=O) groups is 2.